The van der Waals surface area contributed by atoms with Gasteiger partial charge in [-0.1, -0.05) is 41.9 Å². The first-order valence-electron chi connectivity index (χ1n) is 9.46. The van der Waals surface area contributed by atoms with Gasteiger partial charge in [0, 0.05) is 19.2 Å². The van der Waals surface area contributed by atoms with Gasteiger partial charge in [0.2, 0.25) is 5.88 Å². The van der Waals surface area contributed by atoms with Crippen LogP contribution in [0.4, 0.5) is 11.4 Å². The Morgan fingerprint density at radius 3 is 2.55 bits per heavy atom. The predicted molar refractivity (Wildman–Crippen MR) is 113 cm³/mol. The molecule has 1 aliphatic carbocycles. The summed E-state index contributed by atoms with van der Waals surface area (Å²) in [5, 5.41) is 17.1. The molecule has 3 aromatic rings. The van der Waals surface area contributed by atoms with Gasteiger partial charge in [-0.2, -0.15) is 5.11 Å². The maximum Gasteiger partial charge on any atom is 0.331 e. The van der Waals surface area contributed by atoms with Crippen LogP contribution in [0.2, 0.25) is 5.02 Å². The van der Waals surface area contributed by atoms with Crippen molar-refractivity contribution in [3.05, 3.63) is 63.7 Å². The Hall–Kier alpha value is -3.06. The quantitative estimate of drug-likeness (QED) is 0.490. The number of rotatable bonds is 7. The minimum Gasteiger partial charge on any atom is -0.493 e. The monoisotopic (exact) mass is 411 g/mol. The van der Waals surface area contributed by atoms with Crippen LogP contribution >= 0.6 is 11.6 Å². The number of imidazole rings is 1. The van der Waals surface area contributed by atoms with Crippen molar-refractivity contribution in [2.75, 3.05) is 11.9 Å². The largest absolute Gasteiger partial charge is 0.493 e. The fraction of sp³-hybridized carbons (Fsp3) is 0.286. The van der Waals surface area contributed by atoms with Crippen LogP contribution in [-0.4, -0.2) is 20.8 Å². The van der Waals surface area contributed by atoms with Crippen LogP contribution in [0, 0.1) is 11.4 Å². The van der Waals surface area contributed by atoms with Crippen molar-refractivity contribution in [3.63, 3.8) is 0 Å². The molecule has 0 atom stereocenters. The van der Waals surface area contributed by atoms with Gasteiger partial charge < -0.3 is 10.4 Å². The van der Waals surface area contributed by atoms with Gasteiger partial charge in [0.05, 0.1) is 23.5 Å². The number of anilines is 1. The predicted octanol–water partition coefficient (Wildman–Crippen LogP) is 4.75. The fourth-order valence-electron chi connectivity index (χ4n) is 3.29. The number of aromatic nitrogens is 2. The number of nitrogens with one attached hydrogen (secondary N) is 2. The highest BCUT2D eigenvalue weighted by atomic mass is 35.5. The first kappa shape index (κ1) is 19.3. The molecule has 7 nitrogen and oxygen atoms in total. The Bertz CT molecular complexity index is 1110. The van der Waals surface area contributed by atoms with Crippen LogP contribution < -0.4 is 11.0 Å². The summed E-state index contributed by atoms with van der Waals surface area (Å²) in [6, 6.07) is 11.5. The van der Waals surface area contributed by atoms with Gasteiger partial charge in [0.1, 0.15) is 5.69 Å². The Morgan fingerprint density at radius 2 is 1.97 bits per heavy atom. The van der Waals surface area contributed by atoms with E-state index in [1.165, 1.54) is 35.2 Å². The molecule has 2 aromatic carbocycles. The van der Waals surface area contributed by atoms with Crippen LogP contribution in [0.15, 0.2) is 52.5 Å². The minimum atomic E-state index is -0.273. The molecular weight excluding hydrogens is 390 g/mol. The summed E-state index contributed by atoms with van der Waals surface area (Å²) < 4.78 is 2.65. The van der Waals surface area contributed by atoms with E-state index in [1.807, 2.05) is 36.4 Å². The van der Waals surface area contributed by atoms with E-state index in [-0.39, 0.29) is 11.6 Å². The molecule has 8 heteroatoms. The van der Waals surface area contributed by atoms with Gasteiger partial charge in [0.15, 0.2) is 0 Å². The van der Waals surface area contributed by atoms with Crippen molar-refractivity contribution in [3.8, 4) is 17.0 Å². The second-order valence-corrected chi connectivity index (χ2v) is 7.79. The summed E-state index contributed by atoms with van der Waals surface area (Å²) in [7, 11) is 1.53. The smallest absolute Gasteiger partial charge is 0.331 e. The fourth-order valence-corrected chi connectivity index (χ4v) is 3.60. The molecule has 0 saturated heterocycles. The number of hydrogen-bond acceptors (Lipinski definition) is 5. The third-order valence-electron chi connectivity index (χ3n) is 5.27. The first-order valence-corrected chi connectivity index (χ1v) is 9.84. The van der Waals surface area contributed by atoms with Crippen molar-refractivity contribution in [1.29, 1.82) is 5.53 Å². The molecule has 0 bridgehead atoms. The van der Waals surface area contributed by atoms with Crippen molar-refractivity contribution >= 4 is 23.0 Å². The highest BCUT2D eigenvalue weighted by molar-refractivity contribution is 6.36. The molecule has 4 rings (SSSR count). The molecular formula is C21H22ClN5O2. The first-order chi connectivity index (χ1) is 14.0. The molecule has 1 saturated carbocycles. The highest BCUT2D eigenvalue weighted by Crippen LogP contribution is 2.41. The number of aromatic hydroxyl groups is 1. The van der Waals surface area contributed by atoms with Crippen molar-refractivity contribution in [1.82, 2.24) is 9.13 Å². The van der Waals surface area contributed by atoms with E-state index in [4.69, 9.17) is 17.1 Å². The molecule has 0 radical (unpaired) electrons. The molecule has 0 unspecified atom stereocenters. The van der Waals surface area contributed by atoms with Crippen molar-refractivity contribution in [2.24, 2.45) is 18.1 Å². The lowest BCUT2D eigenvalue weighted by Gasteiger charge is -2.13. The Kier molecular flexibility index (Phi) is 5.15. The van der Waals surface area contributed by atoms with Crippen LogP contribution in [0.25, 0.3) is 11.1 Å². The highest BCUT2D eigenvalue weighted by Gasteiger charge is 2.22. The maximum absolute atomic E-state index is 12.0. The van der Waals surface area contributed by atoms with E-state index in [2.05, 4.69) is 10.4 Å². The van der Waals surface area contributed by atoms with Gasteiger partial charge in [-0.05, 0) is 36.0 Å². The Labute approximate surface area is 173 Å². The molecule has 29 heavy (non-hydrogen) atoms. The van der Waals surface area contributed by atoms with E-state index >= 15 is 0 Å². The molecule has 1 heterocycles. The standard InChI is InChI=1S/C21H22ClN5O2/c1-26-18(28)12-27(21(26)29)11-14-4-6-15(7-5-14)16-8-9-17(20(25-23)19(16)22)24-10-13-2-3-13/h4-9,12-13,23-24,28H,2-3,10-11H2,1H3. The zero-order valence-electron chi connectivity index (χ0n) is 16.0. The van der Waals surface area contributed by atoms with E-state index in [0.717, 1.165) is 28.9 Å². The summed E-state index contributed by atoms with van der Waals surface area (Å²) in [5.74, 6) is 0.638. The van der Waals surface area contributed by atoms with E-state index in [0.29, 0.717) is 23.2 Å². The average molecular weight is 412 g/mol. The Morgan fingerprint density at radius 1 is 1.24 bits per heavy atom. The molecule has 0 amide bonds. The van der Waals surface area contributed by atoms with E-state index < -0.39 is 0 Å². The van der Waals surface area contributed by atoms with Crippen molar-refractivity contribution in [2.45, 2.75) is 19.4 Å². The molecule has 0 aliphatic heterocycles. The molecule has 1 aliphatic rings. The lowest BCUT2D eigenvalue weighted by Crippen LogP contribution is -2.22. The van der Waals surface area contributed by atoms with Gasteiger partial charge >= 0.3 is 5.69 Å². The molecule has 0 spiro atoms. The number of halogens is 1. The minimum absolute atomic E-state index is 0.0690. The van der Waals surface area contributed by atoms with Crippen molar-refractivity contribution < 1.29 is 5.11 Å². The SMILES string of the molecule is Cn1c(O)cn(Cc2ccc(-c3ccc(NCC4CC4)c(N=N)c3Cl)cc2)c1=O. The van der Waals surface area contributed by atoms with Crippen LogP contribution in [-0.2, 0) is 13.6 Å². The molecule has 150 valence electrons. The zero-order valence-corrected chi connectivity index (χ0v) is 16.8. The van der Waals surface area contributed by atoms with Crippen LogP contribution in [0.3, 0.4) is 0 Å². The summed E-state index contributed by atoms with van der Waals surface area (Å²) >= 11 is 6.56. The van der Waals surface area contributed by atoms with Crippen LogP contribution in [0.1, 0.15) is 18.4 Å². The molecule has 1 fully saturated rings. The van der Waals surface area contributed by atoms with E-state index in [1.54, 1.807) is 0 Å². The Balaban J connectivity index is 1.57. The summed E-state index contributed by atoms with van der Waals surface area (Å²) in [5.41, 5.74) is 11.1. The number of benzene rings is 2. The van der Waals surface area contributed by atoms with Crippen LogP contribution in [0.5, 0.6) is 5.88 Å². The van der Waals surface area contributed by atoms with Gasteiger partial charge in [-0.3, -0.25) is 9.13 Å². The summed E-state index contributed by atoms with van der Waals surface area (Å²) in [6.45, 7) is 1.24. The second-order valence-electron chi connectivity index (χ2n) is 7.41. The lowest BCUT2D eigenvalue weighted by atomic mass is 10.0. The van der Waals surface area contributed by atoms with Gasteiger partial charge in [-0.25, -0.2) is 10.3 Å². The second kappa shape index (κ2) is 7.75. The third-order valence-corrected chi connectivity index (χ3v) is 5.65. The summed E-state index contributed by atoms with van der Waals surface area (Å²) in [4.78, 5) is 12.0. The number of hydrogen-bond donors (Lipinski definition) is 3. The number of nitrogens with zero attached hydrogens (tertiary/aromatic N) is 3. The molecule has 1 aromatic heterocycles. The lowest BCUT2D eigenvalue weighted by molar-refractivity contribution is 0.429. The van der Waals surface area contributed by atoms with E-state index in [9.17, 15) is 9.90 Å². The molecule has 3 N–H and O–H groups in total. The third kappa shape index (κ3) is 3.91. The zero-order chi connectivity index (χ0) is 20.5. The van der Waals surface area contributed by atoms with Gasteiger partial charge in [-0.15, -0.1) is 0 Å². The van der Waals surface area contributed by atoms with Gasteiger partial charge in [0.25, 0.3) is 0 Å². The maximum atomic E-state index is 12.0. The average Bonchev–Trinajstić information content (AvgIpc) is 3.52. The normalized spacial score (nSPS) is 13.4. The summed E-state index contributed by atoms with van der Waals surface area (Å²) in [6.07, 6.45) is 3.91. The topological polar surface area (TPSA) is 95.4 Å².